The second-order valence-electron chi connectivity index (χ2n) is 7.72. The minimum Gasteiger partial charge on any atom is -0.353 e. The molecule has 1 aliphatic rings. The lowest BCUT2D eigenvalue weighted by molar-refractivity contribution is -0.122. The van der Waals surface area contributed by atoms with E-state index < -0.39 is 0 Å². The highest BCUT2D eigenvalue weighted by molar-refractivity contribution is 5.76. The lowest BCUT2D eigenvalue weighted by Gasteiger charge is -2.20. The number of carbonyl (C=O) groups excluding carboxylic acids is 1. The molecule has 0 aromatic carbocycles. The maximum atomic E-state index is 12.1. The highest BCUT2D eigenvalue weighted by Crippen LogP contribution is 2.19. The zero-order chi connectivity index (χ0) is 16.7. The topological polar surface area (TPSA) is 68.0 Å². The standard InChI is InChI=1S/C18H31N3O2/c1-18(2,3)17-20-16(23-21-17)13-9-12-15(22)19-14-10-7-5-4-6-8-11-14/h14H,4-13H2,1-3H3,(H,19,22). The van der Waals surface area contributed by atoms with E-state index in [9.17, 15) is 4.79 Å². The van der Waals surface area contributed by atoms with Gasteiger partial charge < -0.3 is 9.84 Å². The van der Waals surface area contributed by atoms with E-state index >= 15 is 0 Å². The number of nitrogens with one attached hydrogen (secondary N) is 1. The summed E-state index contributed by atoms with van der Waals surface area (Å²) in [5.41, 5.74) is -0.0999. The van der Waals surface area contributed by atoms with Crippen LogP contribution in [0.2, 0.25) is 0 Å². The maximum absolute atomic E-state index is 12.1. The van der Waals surface area contributed by atoms with Gasteiger partial charge in [0.05, 0.1) is 0 Å². The average molecular weight is 321 g/mol. The quantitative estimate of drug-likeness (QED) is 0.892. The lowest BCUT2D eigenvalue weighted by atomic mass is 9.96. The second-order valence-corrected chi connectivity index (χ2v) is 7.72. The van der Waals surface area contributed by atoms with Crippen LogP contribution in [-0.2, 0) is 16.6 Å². The smallest absolute Gasteiger partial charge is 0.226 e. The Balaban J connectivity index is 1.69. The monoisotopic (exact) mass is 321 g/mol. The summed E-state index contributed by atoms with van der Waals surface area (Å²) in [6, 6.07) is 0.374. The van der Waals surface area contributed by atoms with Gasteiger partial charge in [0.15, 0.2) is 5.82 Å². The molecule has 2 rings (SSSR count). The minimum absolute atomic E-state index is 0.0999. The van der Waals surface area contributed by atoms with Gasteiger partial charge >= 0.3 is 0 Å². The third kappa shape index (κ3) is 6.32. The molecule has 1 fully saturated rings. The molecule has 1 aromatic heterocycles. The summed E-state index contributed by atoms with van der Waals surface area (Å²) in [6.45, 7) is 6.18. The molecule has 1 amide bonds. The average Bonchev–Trinajstić information content (AvgIpc) is 2.90. The van der Waals surface area contributed by atoms with Crippen LogP contribution < -0.4 is 5.32 Å². The number of carbonyl (C=O) groups is 1. The highest BCUT2D eigenvalue weighted by Gasteiger charge is 2.21. The molecule has 0 unspecified atom stereocenters. The summed E-state index contributed by atoms with van der Waals surface area (Å²) in [5.74, 6) is 1.52. The Hall–Kier alpha value is -1.39. The van der Waals surface area contributed by atoms with Crippen LogP contribution in [0.3, 0.4) is 0 Å². The molecule has 0 radical (unpaired) electrons. The first-order valence-corrected chi connectivity index (χ1v) is 9.07. The van der Waals surface area contributed by atoms with E-state index in [2.05, 4.69) is 36.2 Å². The van der Waals surface area contributed by atoms with Crippen molar-refractivity contribution >= 4 is 5.91 Å². The number of aryl methyl sites for hydroxylation is 1. The van der Waals surface area contributed by atoms with Gasteiger partial charge in [0.25, 0.3) is 0 Å². The Morgan fingerprint density at radius 3 is 2.43 bits per heavy atom. The van der Waals surface area contributed by atoms with Crippen molar-refractivity contribution in [1.29, 1.82) is 0 Å². The predicted octanol–water partition coefficient (Wildman–Crippen LogP) is 3.92. The summed E-state index contributed by atoms with van der Waals surface area (Å²) in [7, 11) is 0. The van der Waals surface area contributed by atoms with Crippen molar-refractivity contribution in [3.05, 3.63) is 11.7 Å². The fourth-order valence-corrected chi connectivity index (χ4v) is 2.96. The molecule has 1 saturated carbocycles. The normalized spacial score (nSPS) is 17.5. The first-order valence-electron chi connectivity index (χ1n) is 9.07. The highest BCUT2D eigenvalue weighted by atomic mass is 16.5. The summed E-state index contributed by atoms with van der Waals surface area (Å²) in [6.07, 6.45) is 10.6. The Bertz CT molecular complexity index is 483. The van der Waals surface area contributed by atoms with Crippen molar-refractivity contribution in [3.8, 4) is 0 Å². The van der Waals surface area contributed by atoms with Crippen molar-refractivity contribution < 1.29 is 9.32 Å². The van der Waals surface area contributed by atoms with Crippen molar-refractivity contribution in [3.63, 3.8) is 0 Å². The van der Waals surface area contributed by atoms with Gasteiger partial charge in [0.2, 0.25) is 11.8 Å². The molecule has 1 aromatic rings. The van der Waals surface area contributed by atoms with Gasteiger partial charge in [0.1, 0.15) is 0 Å². The van der Waals surface area contributed by atoms with E-state index in [1.54, 1.807) is 0 Å². The summed E-state index contributed by atoms with van der Waals surface area (Å²) in [4.78, 5) is 16.5. The van der Waals surface area contributed by atoms with Gasteiger partial charge in [0, 0.05) is 24.3 Å². The number of hydrogen-bond acceptors (Lipinski definition) is 4. The van der Waals surface area contributed by atoms with Gasteiger partial charge in [-0.15, -0.1) is 0 Å². The van der Waals surface area contributed by atoms with E-state index in [1.807, 2.05) is 0 Å². The Kier molecular flexibility index (Phi) is 6.60. The molecular weight excluding hydrogens is 290 g/mol. The number of aromatic nitrogens is 2. The number of rotatable bonds is 5. The molecule has 1 aliphatic carbocycles. The predicted molar refractivity (Wildman–Crippen MR) is 90.2 cm³/mol. The molecule has 23 heavy (non-hydrogen) atoms. The third-order valence-corrected chi connectivity index (χ3v) is 4.40. The van der Waals surface area contributed by atoms with Gasteiger partial charge in [-0.25, -0.2) is 0 Å². The molecule has 1 heterocycles. The van der Waals surface area contributed by atoms with Crippen molar-refractivity contribution in [2.75, 3.05) is 0 Å². The van der Waals surface area contributed by atoms with Crippen LogP contribution in [0.4, 0.5) is 0 Å². The lowest BCUT2D eigenvalue weighted by Crippen LogP contribution is -2.35. The molecule has 0 bridgehead atoms. The van der Waals surface area contributed by atoms with Crippen LogP contribution in [0.1, 0.15) is 90.3 Å². The van der Waals surface area contributed by atoms with Crippen LogP contribution in [0, 0.1) is 0 Å². The summed E-state index contributed by atoms with van der Waals surface area (Å²) < 4.78 is 5.26. The second kappa shape index (κ2) is 8.46. The number of nitrogens with zero attached hydrogens (tertiary/aromatic N) is 2. The van der Waals surface area contributed by atoms with E-state index in [0.29, 0.717) is 24.8 Å². The third-order valence-electron chi connectivity index (χ3n) is 4.40. The van der Waals surface area contributed by atoms with Gasteiger partial charge in [-0.05, 0) is 19.3 Å². The minimum atomic E-state index is -0.0999. The van der Waals surface area contributed by atoms with E-state index in [4.69, 9.17) is 4.52 Å². The zero-order valence-corrected chi connectivity index (χ0v) is 14.9. The van der Waals surface area contributed by atoms with Crippen molar-refractivity contribution in [1.82, 2.24) is 15.5 Å². The van der Waals surface area contributed by atoms with Gasteiger partial charge in [-0.3, -0.25) is 4.79 Å². The fourth-order valence-electron chi connectivity index (χ4n) is 2.96. The fraction of sp³-hybridized carbons (Fsp3) is 0.833. The maximum Gasteiger partial charge on any atom is 0.226 e. The van der Waals surface area contributed by atoms with Gasteiger partial charge in [-0.2, -0.15) is 4.98 Å². The van der Waals surface area contributed by atoms with Crippen molar-refractivity contribution in [2.45, 2.75) is 96.4 Å². The Morgan fingerprint density at radius 1 is 1.17 bits per heavy atom. The molecule has 130 valence electrons. The SMILES string of the molecule is CC(C)(C)c1noc(CCCC(=O)NC2CCCCCCC2)n1. The molecule has 1 N–H and O–H groups in total. The molecule has 0 atom stereocenters. The van der Waals surface area contributed by atoms with Crippen LogP contribution >= 0.6 is 0 Å². The molecule has 0 saturated heterocycles. The van der Waals surface area contributed by atoms with Gasteiger partial charge in [-0.1, -0.05) is 58.0 Å². The zero-order valence-electron chi connectivity index (χ0n) is 14.9. The van der Waals surface area contributed by atoms with E-state index in [0.717, 1.165) is 25.1 Å². The molecule has 0 aliphatic heterocycles. The van der Waals surface area contributed by atoms with Crippen LogP contribution in [0.15, 0.2) is 4.52 Å². The summed E-state index contributed by atoms with van der Waals surface area (Å²) >= 11 is 0. The largest absolute Gasteiger partial charge is 0.353 e. The number of hydrogen-bond donors (Lipinski definition) is 1. The first-order chi connectivity index (χ1) is 10.9. The van der Waals surface area contributed by atoms with Crippen LogP contribution in [-0.4, -0.2) is 22.1 Å². The van der Waals surface area contributed by atoms with Crippen molar-refractivity contribution in [2.24, 2.45) is 0 Å². The Morgan fingerprint density at radius 2 is 1.83 bits per heavy atom. The molecule has 5 heteroatoms. The Labute approximate surface area is 139 Å². The van der Waals surface area contributed by atoms with E-state index in [-0.39, 0.29) is 11.3 Å². The first kappa shape index (κ1) is 18.0. The van der Waals surface area contributed by atoms with Crippen LogP contribution in [0.25, 0.3) is 0 Å². The van der Waals surface area contributed by atoms with Crippen LogP contribution in [0.5, 0.6) is 0 Å². The van der Waals surface area contributed by atoms with E-state index in [1.165, 1.54) is 32.1 Å². The molecular formula is C18H31N3O2. The summed E-state index contributed by atoms with van der Waals surface area (Å²) in [5, 5.41) is 7.21. The molecule has 0 spiro atoms. The number of amides is 1. The molecule has 5 nitrogen and oxygen atoms in total.